The third-order valence-electron chi connectivity index (χ3n) is 3.98. The summed E-state index contributed by atoms with van der Waals surface area (Å²) >= 11 is 0. The van der Waals surface area contributed by atoms with E-state index in [4.69, 9.17) is 0 Å². The number of carbonyl (C=O) groups excluding carboxylic acids is 1. The molecule has 0 aromatic heterocycles. The van der Waals surface area contributed by atoms with Gasteiger partial charge in [0.1, 0.15) is 0 Å². The second-order valence-corrected chi connectivity index (χ2v) is 5.32. The Hall–Kier alpha value is -1.55. The van der Waals surface area contributed by atoms with Crippen LogP contribution >= 0.6 is 0 Å². The number of anilines is 1. The number of nitrogens with zero attached hydrogens (tertiary/aromatic N) is 1. The van der Waals surface area contributed by atoms with Gasteiger partial charge in [-0.15, -0.1) is 0 Å². The lowest BCUT2D eigenvalue weighted by Gasteiger charge is -2.31. The van der Waals surface area contributed by atoms with Crippen LogP contribution in [-0.2, 0) is 10.3 Å². The maximum atomic E-state index is 11.4. The van der Waals surface area contributed by atoms with Crippen molar-refractivity contribution in [3.05, 3.63) is 29.8 Å². The average molecular weight is 245 g/mol. The molecule has 18 heavy (non-hydrogen) atoms. The predicted molar refractivity (Wildman–Crippen MR) is 71.1 cm³/mol. The van der Waals surface area contributed by atoms with Crippen molar-refractivity contribution in [1.82, 2.24) is 10.7 Å². The molecule has 2 heterocycles. The summed E-state index contributed by atoms with van der Waals surface area (Å²) in [5, 5.41) is 5.56. The molecule has 96 valence electrons. The van der Waals surface area contributed by atoms with E-state index in [1.165, 1.54) is 12.0 Å². The van der Waals surface area contributed by atoms with Crippen LogP contribution in [-0.4, -0.2) is 19.0 Å². The molecule has 1 atom stereocenters. The summed E-state index contributed by atoms with van der Waals surface area (Å²) in [6, 6.07) is 8.36. The monoisotopic (exact) mass is 245 g/mol. The maximum absolute atomic E-state index is 11.4. The summed E-state index contributed by atoms with van der Waals surface area (Å²) in [5.74, 6) is 0.106. The highest BCUT2D eigenvalue weighted by Gasteiger charge is 2.34. The Morgan fingerprint density at radius 3 is 2.83 bits per heavy atom. The van der Waals surface area contributed by atoms with E-state index in [1.807, 2.05) is 11.1 Å². The number of amides is 1. The van der Waals surface area contributed by atoms with E-state index in [9.17, 15) is 4.79 Å². The van der Waals surface area contributed by atoms with E-state index < -0.39 is 0 Å². The van der Waals surface area contributed by atoms with Gasteiger partial charge in [-0.3, -0.25) is 15.2 Å². The first-order valence-corrected chi connectivity index (χ1v) is 6.61. The Balaban J connectivity index is 1.97. The summed E-state index contributed by atoms with van der Waals surface area (Å²) in [6.45, 7) is 4.07. The van der Waals surface area contributed by atoms with Crippen molar-refractivity contribution >= 4 is 11.6 Å². The minimum Gasteiger partial charge on any atom is -0.308 e. The highest BCUT2D eigenvalue weighted by Crippen LogP contribution is 2.36. The molecule has 2 saturated heterocycles. The van der Waals surface area contributed by atoms with E-state index in [2.05, 4.69) is 35.9 Å². The number of hydrazine groups is 1. The average Bonchev–Trinajstić information content (AvgIpc) is 2.99. The van der Waals surface area contributed by atoms with Crippen LogP contribution in [0, 0.1) is 0 Å². The molecular formula is C14H19N3O. The number of rotatable bonds is 2. The van der Waals surface area contributed by atoms with Gasteiger partial charge in [-0.05, 0) is 37.9 Å². The standard InChI is InChI=1S/C14H19N3O/c1-14(8-4-9-15-14)11-5-2-3-6-12(11)17-10-7-13(18)16-17/h2-3,5-6,15H,4,7-10H2,1H3,(H,16,18). The minimum absolute atomic E-state index is 0.0317. The van der Waals surface area contributed by atoms with Gasteiger partial charge in [0.15, 0.2) is 0 Å². The zero-order valence-electron chi connectivity index (χ0n) is 10.7. The first-order valence-electron chi connectivity index (χ1n) is 6.61. The van der Waals surface area contributed by atoms with Crippen LogP contribution in [0.25, 0.3) is 0 Å². The number of benzene rings is 1. The van der Waals surface area contributed by atoms with Crippen molar-refractivity contribution in [2.24, 2.45) is 0 Å². The van der Waals surface area contributed by atoms with Crippen LogP contribution in [0.3, 0.4) is 0 Å². The van der Waals surface area contributed by atoms with Gasteiger partial charge >= 0.3 is 0 Å². The number of nitrogens with one attached hydrogen (secondary N) is 2. The Morgan fingerprint density at radius 1 is 1.33 bits per heavy atom. The molecule has 1 aromatic carbocycles. The molecule has 0 aliphatic carbocycles. The predicted octanol–water partition coefficient (Wildman–Crippen LogP) is 1.53. The summed E-state index contributed by atoms with van der Waals surface area (Å²) in [7, 11) is 0. The van der Waals surface area contributed by atoms with Crippen LogP contribution in [0.4, 0.5) is 5.69 Å². The van der Waals surface area contributed by atoms with Crippen molar-refractivity contribution in [2.75, 3.05) is 18.1 Å². The van der Waals surface area contributed by atoms with Crippen LogP contribution in [0.15, 0.2) is 24.3 Å². The number of carbonyl (C=O) groups is 1. The smallest absolute Gasteiger partial charge is 0.240 e. The second kappa shape index (κ2) is 4.28. The highest BCUT2D eigenvalue weighted by atomic mass is 16.2. The molecule has 2 N–H and O–H groups in total. The topological polar surface area (TPSA) is 44.4 Å². The Bertz CT molecular complexity index is 466. The van der Waals surface area contributed by atoms with Gasteiger partial charge < -0.3 is 5.32 Å². The van der Waals surface area contributed by atoms with Crippen molar-refractivity contribution in [3.63, 3.8) is 0 Å². The zero-order chi connectivity index (χ0) is 12.6. The molecule has 4 heteroatoms. The fourth-order valence-corrected chi connectivity index (χ4v) is 2.96. The molecule has 1 unspecified atom stereocenters. The molecule has 0 radical (unpaired) electrons. The minimum atomic E-state index is 0.0317. The Kier molecular flexibility index (Phi) is 2.74. The molecule has 0 bridgehead atoms. The fraction of sp³-hybridized carbons (Fsp3) is 0.500. The number of para-hydroxylation sites is 1. The lowest BCUT2D eigenvalue weighted by molar-refractivity contribution is -0.119. The first kappa shape index (κ1) is 11.5. The van der Waals surface area contributed by atoms with Crippen molar-refractivity contribution in [3.8, 4) is 0 Å². The number of hydrogen-bond donors (Lipinski definition) is 2. The van der Waals surface area contributed by atoms with Crippen molar-refractivity contribution in [1.29, 1.82) is 0 Å². The molecule has 0 saturated carbocycles. The van der Waals surface area contributed by atoms with Gasteiger partial charge in [-0.1, -0.05) is 18.2 Å². The van der Waals surface area contributed by atoms with Crippen LogP contribution in [0.1, 0.15) is 31.7 Å². The molecular weight excluding hydrogens is 226 g/mol. The largest absolute Gasteiger partial charge is 0.308 e. The maximum Gasteiger partial charge on any atom is 0.240 e. The van der Waals surface area contributed by atoms with Crippen molar-refractivity contribution in [2.45, 2.75) is 31.7 Å². The summed E-state index contributed by atoms with van der Waals surface area (Å²) in [6.07, 6.45) is 2.93. The van der Waals surface area contributed by atoms with Gasteiger partial charge in [0, 0.05) is 18.5 Å². The van der Waals surface area contributed by atoms with E-state index in [-0.39, 0.29) is 11.4 Å². The molecule has 2 fully saturated rings. The lowest BCUT2D eigenvalue weighted by Crippen LogP contribution is -2.39. The zero-order valence-corrected chi connectivity index (χ0v) is 10.7. The van der Waals surface area contributed by atoms with Gasteiger partial charge in [0.2, 0.25) is 5.91 Å². The third-order valence-corrected chi connectivity index (χ3v) is 3.98. The van der Waals surface area contributed by atoms with E-state index >= 15 is 0 Å². The van der Waals surface area contributed by atoms with Gasteiger partial charge in [0.25, 0.3) is 0 Å². The van der Waals surface area contributed by atoms with Gasteiger partial charge in [-0.2, -0.15) is 0 Å². The normalized spacial score (nSPS) is 27.6. The van der Waals surface area contributed by atoms with Crippen molar-refractivity contribution < 1.29 is 4.79 Å². The van der Waals surface area contributed by atoms with Gasteiger partial charge in [0.05, 0.1) is 5.69 Å². The molecule has 1 amide bonds. The van der Waals surface area contributed by atoms with Gasteiger partial charge in [-0.25, -0.2) is 0 Å². The van der Waals surface area contributed by atoms with Crippen LogP contribution < -0.4 is 15.8 Å². The third kappa shape index (κ3) is 1.86. The van der Waals surface area contributed by atoms with Crippen LogP contribution in [0.2, 0.25) is 0 Å². The van der Waals surface area contributed by atoms with E-state index in [1.54, 1.807) is 0 Å². The molecule has 2 aliphatic heterocycles. The SMILES string of the molecule is CC1(c2ccccc2N2CCC(=O)N2)CCCN1. The second-order valence-electron chi connectivity index (χ2n) is 5.32. The summed E-state index contributed by atoms with van der Waals surface area (Å²) < 4.78 is 0. The number of hydrogen-bond acceptors (Lipinski definition) is 3. The molecule has 2 aliphatic rings. The molecule has 0 spiro atoms. The Morgan fingerprint density at radius 2 is 2.17 bits per heavy atom. The Labute approximate surface area is 107 Å². The molecule has 3 rings (SSSR count). The van der Waals surface area contributed by atoms with Crippen LogP contribution in [0.5, 0.6) is 0 Å². The molecule has 4 nitrogen and oxygen atoms in total. The first-order chi connectivity index (χ1) is 8.69. The summed E-state index contributed by atoms with van der Waals surface area (Å²) in [4.78, 5) is 11.4. The quantitative estimate of drug-likeness (QED) is 0.830. The lowest BCUT2D eigenvalue weighted by atomic mass is 9.89. The fourth-order valence-electron chi connectivity index (χ4n) is 2.96. The van der Waals surface area contributed by atoms with E-state index in [0.717, 1.165) is 25.2 Å². The molecule has 1 aromatic rings. The summed E-state index contributed by atoms with van der Waals surface area (Å²) in [5.41, 5.74) is 5.36. The highest BCUT2D eigenvalue weighted by molar-refractivity contribution is 5.82. The van der Waals surface area contributed by atoms with E-state index in [0.29, 0.717) is 6.42 Å².